The monoisotopic (exact) mass is 257 g/mol. The van der Waals surface area contributed by atoms with Crippen molar-refractivity contribution in [2.24, 2.45) is 5.18 Å². The van der Waals surface area contributed by atoms with Gasteiger partial charge >= 0.3 is 0 Å². The maximum Gasteiger partial charge on any atom is 0.286 e. The predicted molar refractivity (Wildman–Crippen MR) is 74.2 cm³/mol. The van der Waals surface area contributed by atoms with Crippen molar-refractivity contribution < 1.29 is 9.53 Å². The molecule has 0 fully saturated rings. The van der Waals surface area contributed by atoms with Gasteiger partial charge in [-0.1, -0.05) is 29.8 Å². The van der Waals surface area contributed by atoms with Gasteiger partial charge in [-0.05, 0) is 36.2 Å². The molecule has 0 N–H and O–H groups in total. The lowest BCUT2D eigenvalue weighted by atomic mass is 10.1. The second-order valence-corrected chi connectivity index (χ2v) is 4.45. The van der Waals surface area contributed by atoms with E-state index in [1.54, 1.807) is 0 Å². The first-order valence-corrected chi connectivity index (χ1v) is 6.18. The Morgan fingerprint density at radius 1 is 1.16 bits per heavy atom. The number of nitrogens with zero attached hydrogens (tertiary/aromatic N) is 1. The fraction of sp³-hybridized carbons (Fsp3) is 0.267. The molecule has 0 saturated carbocycles. The van der Waals surface area contributed by atoms with Crippen LogP contribution in [0.1, 0.15) is 18.4 Å². The van der Waals surface area contributed by atoms with E-state index in [0.29, 0.717) is 13.0 Å². The van der Waals surface area contributed by atoms with E-state index < -0.39 is 5.91 Å². The maximum absolute atomic E-state index is 10.7. The van der Waals surface area contributed by atoms with E-state index in [9.17, 15) is 9.70 Å². The fourth-order valence-corrected chi connectivity index (χ4v) is 1.89. The van der Waals surface area contributed by atoms with Gasteiger partial charge < -0.3 is 4.74 Å². The minimum Gasteiger partial charge on any atom is -0.494 e. The number of ether oxygens (including phenoxy) is 1. The van der Waals surface area contributed by atoms with Crippen LogP contribution in [0.15, 0.2) is 41.6 Å². The van der Waals surface area contributed by atoms with E-state index in [4.69, 9.17) is 4.74 Å². The van der Waals surface area contributed by atoms with Crippen molar-refractivity contribution in [3.8, 4) is 5.75 Å². The lowest BCUT2D eigenvalue weighted by Gasteiger charge is -2.07. The summed E-state index contributed by atoms with van der Waals surface area (Å²) >= 11 is 0. The molecule has 0 spiro atoms. The first-order valence-electron chi connectivity index (χ1n) is 6.18. The number of carbonyl (C=O) groups is 1. The van der Waals surface area contributed by atoms with Crippen molar-refractivity contribution >= 4 is 16.7 Å². The minimum absolute atomic E-state index is 0.135. The van der Waals surface area contributed by atoms with Crippen LogP contribution < -0.4 is 4.74 Å². The predicted octanol–water partition coefficient (Wildman–Crippen LogP) is 3.60. The van der Waals surface area contributed by atoms with Gasteiger partial charge in [-0.25, -0.2) is 0 Å². The third-order valence-corrected chi connectivity index (χ3v) is 2.87. The Kier molecular flexibility index (Phi) is 4.23. The van der Waals surface area contributed by atoms with Crippen LogP contribution in [-0.4, -0.2) is 12.5 Å². The Morgan fingerprint density at radius 3 is 2.68 bits per heavy atom. The molecular formula is C15H15NO3. The summed E-state index contributed by atoms with van der Waals surface area (Å²) in [5.41, 5.74) is 1.22. The van der Waals surface area contributed by atoms with Crippen LogP contribution in [0.5, 0.6) is 5.75 Å². The number of amides is 1. The number of aryl methyl sites for hydroxylation is 1. The molecule has 98 valence electrons. The quantitative estimate of drug-likeness (QED) is 0.607. The molecule has 0 bridgehead atoms. The largest absolute Gasteiger partial charge is 0.494 e. The summed E-state index contributed by atoms with van der Waals surface area (Å²) in [4.78, 5) is 20.6. The summed E-state index contributed by atoms with van der Waals surface area (Å²) in [5, 5.41) is 4.63. The van der Waals surface area contributed by atoms with Crippen molar-refractivity contribution in [3.63, 3.8) is 0 Å². The number of hydrogen-bond acceptors (Lipinski definition) is 3. The maximum atomic E-state index is 10.7. The molecule has 0 unspecified atom stereocenters. The molecule has 1 amide bonds. The average Bonchev–Trinajstić information content (AvgIpc) is 2.43. The molecule has 4 heteroatoms. The average molecular weight is 257 g/mol. The molecule has 0 radical (unpaired) electrons. The van der Waals surface area contributed by atoms with Gasteiger partial charge in [0.15, 0.2) is 0 Å². The number of nitroso groups, excluding NO2 is 1. The molecule has 0 aliphatic heterocycles. The summed E-state index contributed by atoms with van der Waals surface area (Å²) in [6.45, 7) is 2.46. The Labute approximate surface area is 111 Å². The van der Waals surface area contributed by atoms with Crippen LogP contribution in [0.3, 0.4) is 0 Å². The highest BCUT2D eigenvalue weighted by Gasteiger charge is 2.01. The number of rotatable bonds is 5. The summed E-state index contributed by atoms with van der Waals surface area (Å²) in [6.07, 6.45) is 0.632. The molecule has 2 aromatic carbocycles. The number of benzene rings is 2. The standard InChI is InChI=1S/C15H15NO3/c1-11-4-5-13-10-14(7-6-12(13)9-11)19-8-2-3-15(17)16-18/h4-7,9-10H,2-3,8H2,1H3. The van der Waals surface area contributed by atoms with E-state index in [2.05, 4.69) is 30.3 Å². The highest BCUT2D eigenvalue weighted by Crippen LogP contribution is 2.22. The van der Waals surface area contributed by atoms with Gasteiger partial charge in [0, 0.05) is 11.6 Å². The van der Waals surface area contributed by atoms with E-state index >= 15 is 0 Å². The molecule has 0 aromatic heterocycles. The topological polar surface area (TPSA) is 55.7 Å². The second kappa shape index (κ2) is 6.09. The number of fused-ring (bicyclic) bond motifs is 1. The van der Waals surface area contributed by atoms with Crippen LogP contribution >= 0.6 is 0 Å². The molecule has 0 heterocycles. The first kappa shape index (κ1) is 13.2. The summed E-state index contributed by atoms with van der Waals surface area (Å²) < 4.78 is 5.54. The van der Waals surface area contributed by atoms with Crippen molar-refractivity contribution in [3.05, 3.63) is 46.9 Å². The summed E-state index contributed by atoms with van der Waals surface area (Å²) in [7, 11) is 0. The zero-order chi connectivity index (χ0) is 13.7. The van der Waals surface area contributed by atoms with Gasteiger partial charge in [-0.15, -0.1) is 4.91 Å². The van der Waals surface area contributed by atoms with Crippen molar-refractivity contribution in [1.29, 1.82) is 0 Å². The van der Waals surface area contributed by atoms with E-state index in [1.807, 2.05) is 18.2 Å². The van der Waals surface area contributed by atoms with Crippen molar-refractivity contribution in [2.75, 3.05) is 6.61 Å². The van der Waals surface area contributed by atoms with E-state index in [1.165, 1.54) is 10.9 Å². The molecule has 0 saturated heterocycles. The number of carbonyl (C=O) groups excluding carboxylic acids is 1. The van der Waals surface area contributed by atoms with Crippen molar-refractivity contribution in [2.45, 2.75) is 19.8 Å². The normalized spacial score (nSPS) is 10.4. The second-order valence-electron chi connectivity index (χ2n) is 4.45. The zero-order valence-electron chi connectivity index (χ0n) is 10.8. The highest BCUT2D eigenvalue weighted by molar-refractivity contribution is 5.84. The molecule has 19 heavy (non-hydrogen) atoms. The van der Waals surface area contributed by atoms with Crippen molar-refractivity contribution in [1.82, 2.24) is 0 Å². The van der Waals surface area contributed by atoms with Crippen LogP contribution in [0.25, 0.3) is 10.8 Å². The summed E-state index contributed by atoms with van der Waals surface area (Å²) in [5.74, 6) is 0.139. The first-order chi connectivity index (χ1) is 9.19. The third kappa shape index (κ3) is 3.61. The van der Waals surface area contributed by atoms with Crippen LogP contribution in [-0.2, 0) is 4.79 Å². The van der Waals surface area contributed by atoms with Gasteiger partial charge in [0.2, 0.25) is 0 Å². The smallest absolute Gasteiger partial charge is 0.286 e. The minimum atomic E-state index is -0.627. The fourth-order valence-electron chi connectivity index (χ4n) is 1.89. The molecular weight excluding hydrogens is 242 g/mol. The van der Waals surface area contributed by atoms with Crippen LogP contribution in [0, 0.1) is 11.8 Å². The summed E-state index contributed by atoms with van der Waals surface area (Å²) in [6, 6.07) is 12.1. The van der Waals surface area contributed by atoms with E-state index in [-0.39, 0.29) is 6.42 Å². The van der Waals surface area contributed by atoms with Gasteiger partial charge in [0.25, 0.3) is 5.91 Å². The number of hydrogen-bond donors (Lipinski definition) is 0. The Morgan fingerprint density at radius 2 is 1.89 bits per heavy atom. The molecule has 0 aliphatic carbocycles. The molecule has 0 atom stereocenters. The molecule has 2 rings (SSSR count). The lowest BCUT2D eigenvalue weighted by molar-refractivity contribution is -0.118. The lowest BCUT2D eigenvalue weighted by Crippen LogP contribution is -2.00. The van der Waals surface area contributed by atoms with Gasteiger partial charge in [0.1, 0.15) is 5.75 Å². The molecule has 4 nitrogen and oxygen atoms in total. The van der Waals surface area contributed by atoms with Crippen LogP contribution in [0.2, 0.25) is 0 Å². The zero-order valence-corrected chi connectivity index (χ0v) is 10.8. The van der Waals surface area contributed by atoms with Gasteiger partial charge in [-0.3, -0.25) is 4.79 Å². The highest BCUT2D eigenvalue weighted by atomic mass is 16.5. The van der Waals surface area contributed by atoms with Crippen LogP contribution in [0.4, 0.5) is 0 Å². The molecule has 0 aliphatic rings. The van der Waals surface area contributed by atoms with Gasteiger partial charge in [-0.2, -0.15) is 0 Å². The van der Waals surface area contributed by atoms with E-state index in [0.717, 1.165) is 11.1 Å². The molecule has 2 aromatic rings. The van der Waals surface area contributed by atoms with Gasteiger partial charge in [0.05, 0.1) is 6.61 Å². The third-order valence-electron chi connectivity index (χ3n) is 2.87. The Bertz CT molecular complexity index is 607. The SMILES string of the molecule is Cc1ccc2cc(OCCCC(=O)N=O)ccc2c1. The Hall–Kier alpha value is -2.23. The Balaban J connectivity index is 1.96.